The molecule has 6 heteroatoms. The van der Waals surface area contributed by atoms with Crippen LogP contribution in [0.5, 0.6) is 5.75 Å². The number of ether oxygens (including phenoxy) is 1. The standard InChI is InChI=1S/C19H21FN2O3/c1-14-4-10-17(11-5-14)25-12-2-3-18(23)21-22-19(24)13-15-6-8-16(20)9-7-15/h4-11H,2-3,12-13H2,1H3,(H,21,23)(H,22,24). The van der Waals surface area contributed by atoms with Crippen LogP contribution in [0.1, 0.15) is 24.0 Å². The van der Waals surface area contributed by atoms with Gasteiger partial charge in [-0.25, -0.2) is 4.39 Å². The second-order valence-corrected chi connectivity index (χ2v) is 5.66. The van der Waals surface area contributed by atoms with Gasteiger partial charge in [0.2, 0.25) is 11.8 Å². The van der Waals surface area contributed by atoms with Gasteiger partial charge >= 0.3 is 0 Å². The maximum Gasteiger partial charge on any atom is 0.242 e. The maximum absolute atomic E-state index is 12.8. The molecule has 2 aromatic rings. The lowest BCUT2D eigenvalue weighted by molar-refractivity contribution is -0.128. The van der Waals surface area contributed by atoms with Gasteiger partial charge in [0.15, 0.2) is 0 Å². The van der Waals surface area contributed by atoms with Crippen molar-refractivity contribution in [2.24, 2.45) is 0 Å². The molecule has 2 N–H and O–H groups in total. The molecule has 0 unspecified atom stereocenters. The normalized spacial score (nSPS) is 10.2. The van der Waals surface area contributed by atoms with Crippen molar-refractivity contribution in [1.82, 2.24) is 10.9 Å². The number of nitrogens with one attached hydrogen (secondary N) is 2. The Kier molecular flexibility index (Phi) is 6.95. The summed E-state index contributed by atoms with van der Waals surface area (Å²) in [5.41, 5.74) is 6.51. The predicted molar refractivity (Wildman–Crippen MR) is 92.3 cm³/mol. The van der Waals surface area contributed by atoms with E-state index in [1.807, 2.05) is 31.2 Å². The Morgan fingerprint density at radius 1 is 0.960 bits per heavy atom. The number of carbonyl (C=O) groups is 2. The predicted octanol–water partition coefficient (Wildman–Crippen LogP) is 2.68. The zero-order valence-electron chi connectivity index (χ0n) is 14.0. The van der Waals surface area contributed by atoms with Gasteiger partial charge in [0.05, 0.1) is 13.0 Å². The number of amides is 2. The molecule has 0 heterocycles. The van der Waals surface area contributed by atoms with Gasteiger partial charge in [-0.1, -0.05) is 29.8 Å². The summed E-state index contributed by atoms with van der Waals surface area (Å²) in [6.07, 6.45) is 0.841. The molecule has 2 rings (SSSR count). The zero-order valence-corrected chi connectivity index (χ0v) is 14.0. The van der Waals surface area contributed by atoms with Crippen LogP contribution in [-0.4, -0.2) is 18.4 Å². The van der Waals surface area contributed by atoms with E-state index in [2.05, 4.69) is 10.9 Å². The van der Waals surface area contributed by atoms with E-state index in [1.54, 1.807) is 0 Å². The maximum atomic E-state index is 12.8. The molecule has 0 bridgehead atoms. The number of benzene rings is 2. The van der Waals surface area contributed by atoms with Gasteiger partial charge in [0, 0.05) is 6.42 Å². The van der Waals surface area contributed by atoms with Crippen molar-refractivity contribution in [1.29, 1.82) is 0 Å². The first-order chi connectivity index (χ1) is 12.0. The minimum absolute atomic E-state index is 0.0666. The Bertz CT molecular complexity index is 700. The fraction of sp³-hybridized carbons (Fsp3) is 0.263. The largest absolute Gasteiger partial charge is 0.494 e. The molecule has 0 radical (unpaired) electrons. The zero-order chi connectivity index (χ0) is 18.1. The first kappa shape index (κ1) is 18.4. The fourth-order valence-electron chi connectivity index (χ4n) is 2.09. The van der Waals surface area contributed by atoms with Crippen LogP contribution in [0.15, 0.2) is 48.5 Å². The number of hydrogen-bond acceptors (Lipinski definition) is 3. The molecule has 0 aliphatic rings. The van der Waals surface area contributed by atoms with Crippen LogP contribution in [0.4, 0.5) is 4.39 Å². The third kappa shape index (κ3) is 7.03. The Morgan fingerprint density at radius 3 is 2.28 bits per heavy atom. The molecule has 25 heavy (non-hydrogen) atoms. The van der Waals surface area contributed by atoms with E-state index >= 15 is 0 Å². The van der Waals surface area contributed by atoms with Gasteiger partial charge in [-0.05, 0) is 43.2 Å². The van der Waals surface area contributed by atoms with Crippen molar-refractivity contribution in [3.63, 3.8) is 0 Å². The van der Waals surface area contributed by atoms with E-state index in [0.29, 0.717) is 18.6 Å². The van der Waals surface area contributed by atoms with E-state index in [4.69, 9.17) is 4.74 Å². The smallest absolute Gasteiger partial charge is 0.242 e. The third-order valence-corrected chi connectivity index (χ3v) is 3.46. The molecule has 132 valence electrons. The molecule has 5 nitrogen and oxygen atoms in total. The number of halogens is 1. The molecule has 0 aromatic heterocycles. The second-order valence-electron chi connectivity index (χ2n) is 5.66. The monoisotopic (exact) mass is 344 g/mol. The summed E-state index contributed by atoms with van der Waals surface area (Å²) in [6.45, 7) is 2.42. The molecule has 0 spiro atoms. The first-order valence-corrected chi connectivity index (χ1v) is 8.04. The number of hydrogen-bond donors (Lipinski definition) is 2. The van der Waals surface area contributed by atoms with Gasteiger partial charge in [0.1, 0.15) is 11.6 Å². The van der Waals surface area contributed by atoms with E-state index in [-0.39, 0.29) is 30.5 Å². The minimum atomic E-state index is -0.365. The lowest BCUT2D eigenvalue weighted by atomic mass is 10.1. The number of carbonyl (C=O) groups excluding carboxylic acids is 2. The van der Waals surface area contributed by atoms with Crippen LogP contribution in [0, 0.1) is 12.7 Å². The van der Waals surface area contributed by atoms with Crippen molar-refractivity contribution in [2.75, 3.05) is 6.61 Å². The molecule has 2 aromatic carbocycles. The highest BCUT2D eigenvalue weighted by Gasteiger charge is 2.06. The first-order valence-electron chi connectivity index (χ1n) is 8.04. The summed E-state index contributed by atoms with van der Waals surface area (Å²) in [4.78, 5) is 23.4. The summed E-state index contributed by atoms with van der Waals surface area (Å²) in [5, 5.41) is 0. The summed E-state index contributed by atoms with van der Waals surface area (Å²) in [5.74, 6) is -0.250. The Morgan fingerprint density at radius 2 is 1.60 bits per heavy atom. The van der Waals surface area contributed by atoms with E-state index < -0.39 is 0 Å². The summed E-state index contributed by atoms with van der Waals surface area (Å²) in [6, 6.07) is 13.3. The van der Waals surface area contributed by atoms with Gasteiger partial charge in [-0.3, -0.25) is 20.4 Å². The second kappa shape index (κ2) is 9.42. The van der Waals surface area contributed by atoms with Crippen molar-refractivity contribution < 1.29 is 18.7 Å². The van der Waals surface area contributed by atoms with Crippen LogP contribution < -0.4 is 15.6 Å². The molecule has 2 amide bonds. The summed E-state index contributed by atoms with van der Waals surface area (Å²) >= 11 is 0. The lowest BCUT2D eigenvalue weighted by Crippen LogP contribution is -2.42. The number of aryl methyl sites for hydroxylation is 1. The van der Waals surface area contributed by atoms with Crippen LogP contribution in [0.2, 0.25) is 0 Å². The molecule has 0 aliphatic carbocycles. The number of rotatable bonds is 7. The summed E-state index contributed by atoms with van der Waals surface area (Å²) < 4.78 is 18.3. The van der Waals surface area contributed by atoms with Crippen LogP contribution in [0.25, 0.3) is 0 Å². The third-order valence-electron chi connectivity index (χ3n) is 3.46. The van der Waals surface area contributed by atoms with E-state index in [9.17, 15) is 14.0 Å². The lowest BCUT2D eigenvalue weighted by Gasteiger charge is -2.08. The molecule has 0 fully saturated rings. The summed E-state index contributed by atoms with van der Waals surface area (Å²) in [7, 11) is 0. The minimum Gasteiger partial charge on any atom is -0.494 e. The van der Waals surface area contributed by atoms with Crippen LogP contribution in [-0.2, 0) is 16.0 Å². The molecule has 0 aliphatic heterocycles. The highest BCUT2D eigenvalue weighted by Crippen LogP contribution is 2.11. The number of hydrazine groups is 1. The van der Waals surface area contributed by atoms with E-state index in [0.717, 1.165) is 11.3 Å². The molecular weight excluding hydrogens is 323 g/mol. The molecular formula is C19H21FN2O3. The Hall–Kier alpha value is -2.89. The topological polar surface area (TPSA) is 67.4 Å². The van der Waals surface area contributed by atoms with Crippen molar-refractivity contribution in [3.05, 3.63) is 65.5 Å². The molecule has 0 saturated heterocycles. The van der Waals surface area contributed by atoms with Crippen molar-refractivity contribution >= 4 is 11.8 Å². The average Bonchev–Trinajstić information content (AvgIpc) is 2.60. The van der Waals surface area contributed by atoms with Gasteiger partial charge in [0.25, 0.3) is 0 Å². The average molecular weight is 344 g/mol. The SMILES string of the molecule is Cc1ccc(OCCCC(=O)NNC(=O)Cc2ccc(F)cc2)cc1. The van der Waals surface area contributed by atoms with Crippen molar-refractivity contribution in [2.45, 2.75) is 26.2 Å². The fourth-order valence-corrected chi connectivity index (χ4v) is 2.09. The molecule has 0 saturated carbocycles. The van der Waals surface area contributed by atoms with Gasteiger partial charge in [-0.2, -0.15) is 0 Å². The Labute approximate surface area is 146 Å². The highest BCUT2D eigenvalue weighted by molar-refractivity contribution is 5.83. The van der Waals surface area contributed by atoms with Gasteiger partial charge < -0.3 is 4.74 Å². The van der Waals surface area contributed by atoms with Crippen LogP contribution >= 0.6 is 0 Å². The molecule has 0 atom stereocenters. The van der Waals surface area contributed by atoms with Crippen molar-refractivity contribution in [3.8, 4) is 5.75 Å². The quantitative estimate of drug-likeness (QED) is 0.599. The Balaban J connectivity index is 1.59. The highest BCUT2D eigenvalue weighted by atomic mass is 19.1. The van der Waals surface area contributed by atoms with Crippen LogP contribution in [0.3, 0.4) is 0 Å². The van der Waals surface area contributed by atoms with Gasteiger partial charge in [-0.15, -0.1) is 0 Å². The van der Waals surface area contributed by atoms with E-state index in [1.165, 1.54) is 24.3 Å².